The molecule has 3 aromatic rings. The maximum Gasteiger partial charge on any atom is 0.387 e. The van der Waals surface area contributed by atoms with Crippen molar-refractivity contribution in [2.45, 2.75) is 26.5 Å². The third-order valence-corrected chi connectivity index (χ3v) is 4.22. The molecule has 0 saturated carbocycles. The minimum Gasteiger partial charge on any atom is -0.435 e. The molecule has 0 aliphatic carbocycles. The van der Waals surface area contributed by atoms with Gasteiger partial charge in [0, 0.05) is 0 Å². The van der Waals surface area contributed by atoms with Gasteiger partial charge in [0.2, 0.25) is 5.91 Å². The van der Waals surface area contributed by atoms with Crippen molar-refractivity contribution in [3.63, 3.8) is 0 Å². The summed E-state index contributed by atoms with van der Waals surface area (Å²) in [6.07, 6.45) is -2.75. The van der Waals surface area contributed by atoms with Gasteiger partial charge in [0.1, 0.15) is 18.0 Å². The average Bonchev–Trinajstić information content (AvgIpc) is 3.08. The van der Waals surface area contributed by atoms with Gasteiger partial charge in [-0.05, 0) is 31.2 Å². The van der Waals surface area contributed by atoms with Crippen LogP contribution in [0.15, 0.2) is 24.3 Å². The fourth-order valence-electron chi connectivity index (χ4n) is 2.30. The Morgan fingerprint density at radius 2 is 2.08 bits per heavy atom. The van der Waals surface area contributed by atoms with Crippen molar-refractivity contribution in [1.82, 2.24) is 14.8 Å². The lowest BCUT2D eigenvalue weighted by Gasteiger charge is -2.06. The number of hydrogen-bond acceptors (Lipinski definition) is 5. The van der Waals surface area contributed by atoms with Gasteiger partial charge >= 0.3 is 6.61 Å². The molecule has 11 heteroatoms. The van der Waals surface area contributed by atoms with Crippen LogP contribution in [0.5, 0.6) is 5.75 Å². The molecule has 0 aliphatic heterocycles. The standard InChI is InChI=1S/C15H12F4N4O2S/c1-7-4-10(13(16)17)23(22-7)6-12(24)21-15-20-9-3-2-8(25-14(18)19)5-11(9)26-15/h2-5,13-14H,6H2,1H3,(H,20,21,24). The molecule has 2 heterocycles. The molecule has 3 rings (SSSR count). The van der Waals surface area contributed by atoms with Crippen molar-refractivity contribution >= 4 is 32.6 Å². The topological polar surface area (TPSA) is 69.0 Å². The molecule has 6 nitrogen and oxygen atoms in total. The predicted octanol–water partition coefficient (Wildman–Crippen LogP) is 3.98. The van der Waals surface area contributed by atoms with Crippen molar-refractivity contribution < 1.29 is 27.1 Å². The number of rotatable bonds is 6. The average molecular weight is 388 g/mol. The normalized spacial score (nSPS) is 11.5. The first kappa shape index (κ1) is 18.1. The summed E-state index contributed by atoms with van der Waals surface area (Å²) >= 11 is 1.05. The minimum atomic E-state index is -2.94. The Bertz CT molecular complexity index is 941. The number of amides is 1. The largest absolute Gasteiger partial charge is 0.435 e. The van der Waals surface area contributed by atoms with Crippen molar-refractivity contribution in [2.75, 3.05) is 5.32 Å². The van der Waals surface area contributed by atoms with Crippen LogP contribution in [0.25, 0.3) is 10.2 Å². The summed E-state index contributed by atoms with van der Waals surface area (Å²) in [5.41, 5.74) is 0.505. The minimum absolute atomic E-state index is 0.0254. The molecule has 1 N–H and O–H groups in total. The van der Waals surface area contributed by atoms with Crippen molar-refractivity contribution in [1.29, 1.82) is 0 Å². The number of ether oxygens (including phenoxy) is 1. The van der Waals surface area contributed by atoms with Crippen LogP contribution in [0.3, 0.4) is 0 Å². The molecular formula is C15H12F4N4O2S. The number of alkyl halides is 4. The van der Waals surface area contributed by atoms with E-state index in [2.05, 4.69) is 20.1 Å². The van der Waals surface area contributed by atoms with Crippen LogP contribution < -0.4 is 10.1 Å². The molecule has 26 heavy (non-hydrogen) atoms. The first-order valence-corrected chi connectivity index (χ1v) is 8.11. The maximum absolute atomic E-state index is 12.9. The highest BCUT2D eigenvalue weighted by Gasteiger charge is 2.18. The number of halogens is 4. The molecule has 0 atom stereocenters. The zero-order chi connectivity index (χ0) is 18.8. The Balaban J connectivity index is 1.73. The van der Waals surface area contributed by atoms with E-state index in [0.29, 0.717) is 15.9 Å². The zero-order valence-electron chi connectivity index (χ0n) is 13.2. The SMILES string of the molecule is Cc1cc(C(F)F)n(CC(=O)Nc2nc3ccc(OC(F)F)cc3s2)n1. The molecular weight excluding hydrogens is 376 g/mol. The number of nitrogens with one attached hydrogen (secondary N) is 1. The van der Waals surface area contributed by atoms with E-state index in [1.54, 1.807) is 6.92 Å². The fraction of sp³-hybridized carbons (Fsp3) is 0.267. The Morgan fingerprint density at radius 3 is 2.77 bits per heavy atom. The van der Waals surface area contributed by atoms with Crippen LogP contribution in [0.2, 0.25) is 0 Å². The Hall–Kier alpha value is -2.69. The number of hydrogen-bond donors (Lipinski definition) is 1. The molecule has 138 valence electrons. The van der Waals surface area contributed by atoms with Crippen molar-refractivity contribution in [3.8, 4) is 5.75 Å². The van der Waals surface area contributed by atoms with Crippen LogP contribution in [0, 0.1) is 6.92 Å². The molecule has 0 bridgehead atoms. The third-order valence-electron chi connectivity index (χ3n) is 3.28. The number of benzene rings is 1. The van der Waals surface area contributed by atoms with Gasteiger partial charge in [0.15, 0.2) is 5.13 Å². The number of aromatic nitrogens is 3. The number of fused-ring (bicyclic) bond motifs is 1. The first-order chi connectivity index (χ1) is 12.3. The van der Waals surface area contributed by atoms with Crippen LogP contribution in [0.4, 0.5) is 22.7 Å². The number of carbonyl (C=O) groups excluding carboxylic acids is 1. The second kappa shape index (κ2) is 7.28. The van der Waals surface area contributed by atoms with Crippen LogP contribution in [-0.2, 0) is 11.3 Å². The molecule has 2 aromatic heterocycles. The van der Waals surface area contributed by atoms with Crippen LogP contribution >= 0.6 is 11.3 Å². The van der Waals surface area contributed by atoms with Gasteiger partial charge in [-0.25, -0.2) is 13.8 Å². The summed E-state index contributed by atoms with van der Waals surface area (Å²) in [7, 11) is 0. The summed E-state index contributed by atoms with van der Waals surface area (Å²) in [5, 5.41) is 6.57. The number of thiazole rings is 1. The quantitative estimate of drug-likeness (QED) is 0.649. The van der Waals surface area contributed by atoms with Gasteiger partial charge in [0.05, 0.1) is 15.9 Å². The van der Waals surface area contributed by atoms with Gasteiger partial charge < -0.3 is 10.1 Å². The molecule has 0 radical (unpaired) electrons. The second-order valence-corrected chi connectivity index (χ2v) is 6.27. The Morgan fingerprint density at radius 1 is 1.31 bits per heavy atom. The van der Waals surface area contributed by atoms with E-state index < -0.39 is 25.5 Å². The molecule has 0 unspecified atom stereocenters. The van der Waals surface area contributed by atoms with E-state index in [9.17, 15) is 22.4 Å². The highest BCUT2D eigenvalue weighted by atomic mass is 32.1. The Kier molecular flexibility index (Phi) is 5.07. The third kappa shape index (κ3) is 4.10. The lowest BCUT2D eigenvalue weighted by Crippen LogP contribution is -2.21. The van der Waals surface area contributed by atoms with E-state index in [-0.39, 0.29) is 16.6 Å². The number of anilines is 1. The highest BCUT2D eigenvalue weighted by Crippen LogP contribution is 2.30. The summed E-state index contributed by atoms with van der Waals surface area (Å²) in [5.74, 6) is -0.610. The van der Waals surface area contributed by atoms with Gasteiger partial charge in [-0.3, -0.25) is 9.48 Å². The summed E-state index contributed by atoms with van der Waals surface area (Å²) in [4.78, 5) is 16.2. The monoisotopic (exact) mass is 388 g/mol. The maximum atomic E-state index is 12.9. The first-order valence-electron chi connectivity index (χ1n) is 7.29. The number of nitrogens with zero attached hydrogens (tertiary/aromatic N) is 3. The molecule has 0 aliphatic rings. The molecule has 0 saturated heterocycles. The summed E-state index contributed by atoms with van der Waals surface area (Å²) in [6, 6.07) is 5.40. The van der Waals surface area contributed by atoms with Gasteiger partial charge in [-0.15, -0.1) is 0 Å². The number of aryl methyl sites for hydroxylation is 1. The van der Waals surface area contributed by atoms with E-state index in [0.717, 1.165) is 16.0 Å². The number of carbonyl (C=O) groups is 1. The summed E-state index contributed by atoms with van der Waals surface area (Å²) < 4.78 is 56.1. The van der Waals surface area contributed by atoms with Crippen LogP contribution in [-0.4, -0.2) is 27.3 Å². The van der Waals surface area contributed by atoms with E-state index >= 15 is 0 Å². The Labute approximate surface area is 148 Å². The van der Waals surface area contributed by atoms with E-state index in [4.69, 9.17) is 0 Å². The second-order valence-electron chi connectivity index (χ2n) is 5.24. The van der Waals surface area contributed by atoms with Crippen LogP contribution in [0.1, 0.15) is 17.8 Å². The molecule has 1 aromatic carbocycles. The van der Waals surface area contributed by atoms with Crippen molar-refractivity contribution in [2.24, 2.45) is 0 Å². The van der Waals surface area contributed by atoms with Gasteiger partial charge in [0.25, 0.3) is 6.43 Å². The van der Waals surface area contributed by atoms with Gasteiger partial charge in [-0.2, -0.15) is 13.9 Å². The zero-order valence-corrected chi connectivity index (χ0v) is 14.1. The fourth-order valence-corrected chi connectivity index (χ4v) is 3.21. The van der Waals surface area contributed by atoms with Gasteiger partial charge in [-0.1, -0.05) is 11.3 Å². The predicted molar refractivity (Wildman–Crippen MR) is 86.8 cm³/mol. The molecule has 1 amide bonds. The van der Waals surface area contributed by atoms with E-state index in [1.165, 1.54) is 24.3 Å². The molecule has 0 spiro atoms. The smallest absolute Gasteiger partial charge is 0.387 e. The highest BCUT2D eigenvalue weighted by molar-refractivity contribution is 7.22. The van der Waals surface area contributed by atoms with Crippen molar-refractivity contribution in [3.05, 3.63) is 35.7 Å². The van der Waals surface area contributed by atoms with E-state index in [1.807, 2.05) is 0 Å². The lowest BCUT2D eigenvalue weighted by atomic mass is 10.3. The summed E-state index contributed by atoms with van der Waals surface area (Å²) in [6.45, 7) is -1.79. The molecule has 0 fully saturated rings. The lowest BCUT2D eigenvalue weighted by molar-refractivity contribution is -0.117.